The number of pyridine rings is 1. The van der Waals surface area contributed by atoms with E-state index in [2.05, 4.69) is 25.5 Å². The molecule has 0 bridgehead atoms. The predicted octanol–water partition coefficient (Wildman–Crippen LogP) is 2.17. The molecule has 8 nitrogen and oxygen atoms in total. The van der Waals surface area contributed by atoms with E-state index in [-0.39, 0.29) is 11.4 Å². The summed E-state index contributed by atoms with van der Waals surface area (Å²) in [4.78, 5) is 20.6. The van der Waals surface area contributed by atoms with E-state index in [1.807, 2.05) is 32.4 Å². The van der Waals surface area contributed by atoms with Crippen molar-refractivity contribution >= 4 is 11.6 Å². The molecule has 0 atom stereocenters. The maximum atomic E-state index is 12.5. The fraction of sp³-hybridized carbons (Fsp3) is 0.312. The van der Waals surface area contributed by atoms with Gasteiger partial charge in [-0.1, -0.05) is 0 Å². The fourth-order valence-electron chi connectivity index (χ4n) is 2.43. The lowest BCUT2D eigenvalue weighted by molar-refractivity contribution is 0.102. The number of hydrogen-bond acceptors (Lipinski definition) is 5. The second-order valence-electron chi connectivity index (χ2n) is 6.43. The number of nitrogens with one attached hydrogen (secondary N) is 1. The van der Waals surface area contributed by atoms with Gasteiger partial charge in [0.1, 0.15) is 12.7 Å². The van der Waals surface area contributed by atoms with E-state index in [0.29, 0.717) is 17.1 Å². The second-order valence-corrected chi connectivity index (χ2v) is 6.43. The van der Waals surface area contributed by atoms with Gasteiger partial charge in [-0.2, -0.15) is 10.2 Å². The molecule has 0 radical (unpaired) electrons. The van der Waals surface area contributed by atoms with Gasteiger partial charge < -0.3 is 5.32 Å². The van der Waals surface area contributed by atoms with Crippen LogP contribution in [0.3, 0.4) is 0 Å². The minimum atomic E-state index is -0.210. The van der Waals surface area contributed by atoms with Crippen LogP contribution in [0.15, 0.2) is 37.2 Å². The van der Waals surface area contributed by atoms with Crippen molar-refractivity contribution in [2.24, 2.45) is 0 Å². The highest BCUT2D eigenvalue weighted by Gasteiger charge is 2.21. The Morgan fingerprint density at radius 2 is 1.96 bits per heavy atom. The van der Waals surface area contributed by atoms with Gasteiger partial charge in [0.05, 0.1) is 29.2 Å². The van der Waals surface area contributed by atoms with Crippen LogP contribution in [0.4, 0.5) is 5.69 Å². The molecule has 3 aromatic heterocycles. The molecule has 0 aromatic carbocycles. The first-order valence-electron chi connectivity index (χ1n) is 7.54. The molecule has 1 N–H and O–H groups in total. The number of amides is 1. The average Bonchev–Trinajstić information content (AvgIpc) is 3.16. The lowest BCUT2D eigenvalue weighted by atomic mass is 10.1. The fourth-order valence-corrected chi connectivity index (χ4v) is 2.43. The average molecular weight is 325 g/mol. The standard InChI is InChI=1S/C16H19N7O/c1-11-13(8-19-23(11)16(2,3)4)15(24)21-12-5-6-14(18-7-12)22-10-17-9-20-22/h5-10H,1-4H3,(H,21,24). The number of nitrogens with zero attached hydrogens (tertiary/aromatic N) is 6. The monoisotopic (exact) mass is 325 g/mol. The first kappa shape index (κ1) is 15.9. The van der Waals surface area contributed by atoms with Gasteiger partial charge in [0.2, 0.25) is 0 Å². The van der Waals surface area contributed by atoms with Gasteiger partial charge in [-0.25, -0.2) is 14.6 Å². The molecule has 24 heavy (non-hydrogen) atoms. The van der Waals surface area contributed by atoms with Gasteiger partial charge in [-0.3, -0.25) is 9.48 Å². The van der Waals surface area contributed by atoms with Crippen molar-refractivity contribution in [1.82, 2.24) is 29.5 Å². The second kappa shape index (κ2) is 5.88. The van der Waals surface area contributed by atoms with Crippen LogP contribution < -0.4 is 5.32 Å². The lowest BCUT2D eigenvalue weighted by Gasteiger charge is -2.21. The van der Waals surface area contributed by atoms with Crippen LogP contribution in [0.2, 0.25) is 0 Å². The Morgan fingerprint density at radius 3 is 2.50 bits per heavy atom. The van der Waals surface area contributed by atoms with Crippen LogP contribution in [-0.4, -0.2) is 35.4 Å². The van der Waals surface area contributed by atoms with Crippen molar-refractivity contribution in [3.05, 3.63) is 48.4 Å². The Labute approximate surface area is 139 Å². The van der Waals surface area contributed by atoms with Gasteiger partial charge in [-0.05, 0) is 39.8 Å². The normalized spacial score (nSPS) is 11.5. The molecule has 0 aliphatic carbocycles. The number of anilines is 1. The molecule has 0 saturated heterocycles. The Balaban J connectivity index is 1.77. The van der Waals surface area contributed by atoms with Crippen LogP contribution in [0.25, 0.3) is 5.82 Å². The SMILES string of the molecule is Cc1c(C(=O)Nc2ccc(-n3cncn3)nc2)cnn1C(C)(C)C. The van der Waals surface area contributed by atoms with Crippen molar-refractivity contribution in [2.45, 2.75) is 33.2 Å². The third-order valence-electron chi connectivity index (χ3n) is 3.55. The molecule has 0 unspecified atom stereocenters. The van der Waals surface area contributed by atoms with E-state index in [0.717, 1.165) is 5.69 Å². The van der Waals surface area contributed by atoms with Gasteiger partial charge in [-0.15, -0.1) is 0 Å². The third kappa shape index (κ3) is 3.03. The van der Waals surface area contributed by atoms with Gasteiger partial charge in [0.25, 0.3) is 5.91 Å². The van der Waals surface area contributed by atoms with Crippen molar-refractivity contribution in [1.29, 1.82) is 0 Å². The number of hydrogen-bond donors (Lipinski definition) is 1. The molecule has 0 spiro atoms. The zero-order valence-corrected chi connectivity index (χ0v) is 14.1. The Bertz CT molecular complexity index is 842. The molecular formula is C16H19N7O. The largest absolute Gasteiger partial charge is 0.320 e. The van der Waals surface area contributed by atoms with Gasteiger partial charge in [0.15, 0.2) is 5.82 Å². The highest BCUT2D eigenvalue weighted by Crippen LogP contribution is 2.19. The number of carbonyl (C=O) groups excluding carboxylic acids is 1. The van der Waals surface area contributed by atoms with Crippen LogP contribution in [0, 0.1) is 6.92 Å². The van der Waals surface area contributed by atoms with Crippen LogP contribution >= 0.6 is 0 Å². The summed E-state index contributed by atoms with van der Waals surface area (Å²) in [6.07, 6.45) is 6.17. The molecule has 124 valence electrons. The number of rotatable bonds is 3. The zero-order valence-electron chi connectivity index (χ0n) is 14.1. The van der Waals surface area contributed by atoms with E-state index in [1.165, 1.54) is 6.33 Å². The summed E-state index contributed by atoms with van der Waals surface area (Å²) in [6, 6.07) is 3.53. The maximum absolute atomic E-state index is 12.5. The van der Waals surface area contributed by atoms with Gasteiger partial charge in [0, 0.05) is 5.69 Å². The number of aromatic nitrogens is 6. The van der Waals surface area contributed by atoms with Crippen LogP contribution in [0.1, 0.15) is 36.8 Å². The van der Waals surface area contributed by atoms with E-state index in [9.17, 15) is 4.79 Å². The molecule has 8 heteroatoms. The summed E-state index contributed by atoms with van der Waals surface area (Å²) in [6.45, 7) is 8.02. The first-order chi connectivity index (χ1) is 11.4. The van der Waals surface area contributed by atoms with Crippen molar-refractivity contribution in [3.63, 3.8) is 0 Å². The maximum Gasteiger partial charge on any atom is 0.259 e. The highest BCUT2D eigenvalue weighted by atomic mass is 16.1. The Kier molecular flexibility index (Phi) is 3.88. The summed E-state index contributed by atoms with van der Waals surface area (Å²) in [5.41, 5.74) is 1.80. The number of carbonyl (C=O) groups is 1. The predicted molar refractivity (Wildman–Crippen MR) is 89.1 cm³/mol. The summed E-state index contributed by atoms with van der Waals surface area (Å²) >= 11 is 0. The molecule has 0 aliphatic heterocycles. The molecule has 1 amide bonds. The molecule has 3 heterocycles. The zero-order chi connectivity index (χ0) is 17.3. The highest BCUT2D eigenvalue weighted by molar-refractivity contribution is 6.04. The lowest BCUT2D eigenvalue weighted by Crippen LogP contribution is -2.25. The molecule has 0 aliphatic rings. The van der Waals surface area contributed by atoms with Crippen molar-refractivity contribution in [2.75, 3.05) is 5.32 Å². The smallest absolute Gasteiger partial charge is 0.259 e. The molecule has 0 fully saturated rings. The van der Waals surface area contributed by atoms with Crippen LogP contribution in [0.5, 0.6) is 0 Å². The Morgan fingerprint density at radius 1 is 1.17 bits per heavy atom. The van der Waals surface area contributed by atoms with Crippen molar-refractivity contribution < 1.29 is 4.79 Å². The van der Waals surface area contributed by atoms with Gasteiger partial charge >= 0.3 is 0 Å². The van der Waals surface area contributed by atoms with Crippen molar-refractivity contribution in [3.8, 4) is 5.82 Å². The quantitative estimate of drug-likeness (QED) is 0.797. The first-order valence-corrected chi connectivity index (χ1v) is 7.54. The summed E-state index contributed by atoms with van der Waals surface area (Å²) in [5, 5.41) is 11.2. The molecule has 3 rings (SSSR count). The minimum Gasteiger partial charge on any atom is -0.320 e. The van der Waals surface area contributed by atoms with E-state index in [1.54, 1.807) is 35.5 Å². The topological polar surface area (TPSA) is 90.5 Å². The molecule has 3 aromatic rings. The summed E-state index contributed by atoms with van der Waals surface area (Å²) in [5.74, 6) is 0.417. The molecule has 0 saturated carbocycles. The summed E-state index contributed by atoms with van der Waals surface area (Å²) in [7, 11) is 0. The Hall–Kier alpha value is -3.03. The summed E-state index contributed by atoms with van der Waals surface area (Å²) < 4.78 is 3.39. The van der Waals surface area contributed by atoms with E-state index >= 15 is 0 Å². The van der Waals surface area contributed by atoms with Crippen LogP contribution in [-0.2, 0) is 5.54 Å². The third-order valence-corrected chi connectivity index (χ3v) is 3.55. The minimum absolute atomic E-state index is 0.177. The van der Waals surface area contributed by atoms with E-state index < -0.39 is 0 Å². The van der Waals surface area contributed by atoms with E-state index in [4.69, 9.17) is 0 Å². The molecular weight excluding hydrogens is 306 g/mol.